The molecule has 1 aromatic heterocycles. The van der Waals surface area contributed by atoms with Crippen LogP contribution in [0.25, 0.3) is 11.3 Å². The van der Waals surface area contributed by atoms with Crippen LogP contribution in [0.15, 0.2) is 23.6 Å². The van der Waals surface area contributed by atoms with Gasteiger partial charge in [-0.05, 0) is 31.2 Å². The first-order valence-corrected chi connectivity index (χ1v) is 7.17. The zero-order valence-corrected chi connectivity index (χ0v) is 11.3. The fourth-order valence-corrected chi connectivity index (χ4v) is 2.83. The number of Topliss-reactive ketones (excluding diaryl/α,β-unsaturated/α-hetero) is 1. The summed E-state index contributed by atoms with van der Waals surface area (Å²) in [5, 5.41) is 5.50. The summed E-state index contributed by atoms with van der Waals surface area (Å²) < 4.78 is 26.1. The SMILES string of the molecule is O=C(Cc1nc(-c2ccc(F)c(F)c2)cs1)[C@@H]1CCN1. The standard InChI is InChI=1S/C14H12F2N2OS/c15-9-2-1-8(5-10(9)16)12-7-20-14(18-12)6-13(19)11-3-4-17-11/h1-2,5,7,11,17H,3-4,6H2/t11-/m0/s1. The molecule has 1 fully saturated rings. The second kappa shape index (κ2) is 5.38. The molecule has 0 saturated carbocycles. The molecule has 2 aromatic rings. The predicted molar refractivity (Wildman–Crippen MR) is 72.6 cm³/mol. The lowest BCUT2D eigenvalue weighted by Gasteiger charge is -2.25. The number of halogens is 2. The molecule has 2 heterocycles. The maximum Gasteiger partial charge on any atom is 0.159 e. The molecule has 3 rings (SSSR count). The summed E-state index contributed by atoms with van der Waals surface area (Å²) >= 11 is 1.36. The van der Waals surface area contributed by atoms with E-state index in [1.165, 1.54) is 17.4 Å². The number of carbonyl (C=O) groups excluding carboxylic acids is 1. The Morgan fingerprint density at radius 1 is 1.40 bits per heavy atom. The van der Waals surface area contributed by atoms with E-state index in [1.54, 1.807) is 5.38 Å². The molecule has 1 saturated heterocycles. The van der Waals surface area contributed by atoms with Crippen LogP contribution < -0.4 is 5.32 Å². The minimum absolute atomic E-state index is 0.0504. The van der Waals surface area contributed by atoms with Gasteiger partial charge < -0.3 is 5.32 Å². The highest BCUT2D eigenvalue weighted by Gasteiger charge is 2.25. The number of benzene rings is 1. The first-order valence-electron chi connectivity index (χ1n) is 6.29. The first-order chi connectivity index (χ1) is 9.63. The quantitative estimate of drug-likeness (QED) is 0.942. The van der Waals surface area contributed by atoms with E-state index in [9.17, 15) is 13.6 Å². The number of ketones is 1. The molecule has 1 atom stereocenters. The molecule has 0 radical (unpaired) electrons. The molecule has 0 amide bonds. The van der Waals surface area contributed by atoms with Gasteiger partial charge in [-0.25, -0.2) is 13.8 Å². The van der Waals surface area contributed by atoms with E-state index in [0.717, 1.165) is 25.1 Å². The summed E-state index contributed by atoms with van der Waals surface area (Å²) in [5.74, 6) is -1.65. The average molecular weight is 294 g/mol. The normalized spacial score (nSPS) is 17.8. The van der Waals surface area contributed by atoms with Gasteiger partial charge in [-0.2, -0.15) is 0 Å². The van der Waals surface area contributed by atoms with Crippen molar-refractivity contribution >= 4 is 17.1 Å². The van der Waals surface area contributed by atoms with Crippen LogP contribution in [-0.2, 0) is 11.2 Å². The van der Waals surface area contributed by atoms with Gasteiger partial charge in [0.05, 0.1) is 18.2 Å². The molecule has 1 aromatic carbocycles. The van der Waals surface area contributed by atoms with Gasteiger partial charge in [-0.1, -0.05) is 0 Å². The molecular weight excluding hydrogens is 282 g/mol. The summed E-state index contributed by atoms with van der Waals surface area (Å²) in [5.41, 5.74) is 1.08. The monoisotopic (exact) mass is 294 g/mol. The smallest absolute Gasteiger partial charge is 0.159 e. The van der Waals surface area contributed by atoms with E-state index >= 15 is 0 Å². The van der Waals surface area contributed by atoms with Crippen molar-refractivity contribution in [1.82, 2.24) is 10.3 Å². The number of nitrogens with zero attached hydrogens (tertiary/aromatic N) is 1. The van der Waals surface area contributed by atoms with Crippen molar-refractivity contribution in [3.05, 3.63) is 40.2 Å². The van der Waals surface area contributed by atoms with Crippen LogP contribution >= 0.6 is 11.3 Å². The van der Waals surface area contributed by atoms with E-state index in [4.69, 9.17) is 0 Å². The van der Waals surface area contributed by atoms with Gasteiger partial charge in [0.2, 0.25) is 0 Å². The molecule has 1 N–H and O–H groups in total. The highest BCUT2D eigenvalue weighted by atomic mass is 32.1. The van der Waals surface area contributed by atoms with Crippen LogP contribution in [0, 0.1) is 11.6 Å². The molecular formula is C14H12F2N2OS. The van der Waals surface area contributed by atoms with Crippen molar-refractivity contribution in [2.45, 2.75) is 18.9 Å². The summed E-state index contributed by atoms with van der Waals surface area (Å²) in [7, 11) is 0. The minimum Gasteiger partial charge on any atom is -0.307 e. The predicted octanol–water partition coefficient (Wildman–Crippen LogP) is 2.56. The highest BCUT2D eigenvalue weighted by molar-refractivity contribution is 7.10. The van der Waals surface area contributed by atoms with E-state index in [0.29, 0.717) is 16.3 Å². The van der Waals surface area contributed by atoms with Crippen molar-refractivity contribution in [1.29, 1.82) is 0 Å². The molecule has 1 aliphatic heterocycles. The number of nitrogens with one attached hydrogen (secondary N) is 1. The van der Waals surface area contributed by atoms with Gasteiger partial charge in [-0.15, -0.1) is 11.3 Å². The number of aromatic nitrogens is 1. The third-order valence-electron chi connectivity index (χ3n) is 3.30. The van der Waals surface area contributed by atoms with Gasteiger partial charge in [0.15, 0.2) is 17.4 Å². The van der Waals surface area contributed by atoms with Crippen LogP contribution in [0.1, 0.15) is 11.4 Å². The summed E-state index contributed by atoms with van der Waals surface area (Å²) in [4.78, 5) is 16.1. The second-order valence-electron chi connectivity index (χ2n) is 4.69. The lowest BCUT2D eigenvalue weighted by molar-refractivity contribution is -0.121. The van der Waals surface area contributed by atoms with Gasteiger partial charge in [0.25, 0.3) is 0 Å². The number of rotatable bonds is 4. The van der Waals surface area contributed by atoms with Crippen LogP contribution in [0.4, 0.5) is 8.78 Å². The Balaban J connectivity index is 1.75. The second-order valence-corrected chi connectivity index (χ2v) is 5.64. The summed E-state index contributed by atoms with van der Waals surface area (Å²) in [6.45, 7) is 0.883. The van der Waals surface area contributed by atoms with Crippen LogP contribution in [0.5, 0.6) is 0 Å². The Kier molecular flexibility index (Phi) is 3.58. The number of hydrogen-bond acceptors (Lipinski definition) is 4. The van der Waals surface area contributed by atoms with Gasteiger partial charge in [0, 0.05) is 10.9 Å². The van der Waals surface area contributed by atoms with E-state index in [2.05, 4.69) is 10.3 Å². The fraction of sp³-hybridized carbons (Fsp3) is 0.286. The topological polar surface area (TPSA) is 42.0 Å². The highest BCUT2D eigenvalue weighted by Crippen LogP contribution is 2.24. The van der Waals surface area contributed by atoms with Crippen molar-refractivity contribution < 1.29 is 13.6 Å². The summed E-state index contributed by atoms with van der Waals surface area (Å²) in [6.07, 6.45) is 1.16. The van der Waals surface area contributed by atoms with Gasteiger partial charge in [-0.3, -0.25) is 4.79 Å². The van der Waals surface area contributed by atoms with Crippen molar-refractivity contribution in [3.8, 4) is 11.3 Å². The first kappa shape index (κ1) is 13.3. The van der Waals surface area contributed by atoms with Gasteiger partial charge in [0.1, 0.15) is 5.01 Å². The molecule has 3 nitrogen and oxygen atoms in total. The third-order valence-corrected chi connectivity index (χ3v) is 4.15. The molecule has 0 unspecified atom stereocenters. The van der Waals surface area contributed by atoms with Crippen molar-refractivity contribution in [3.63, 3.8) is 0 Å². The lowest BCUT2D eigenvalue weighted by Crippen LogP contribution is -2.49. The van der Waals surface area contributed by atoms with Gasteiger partial charge >= 0.3 is 0 Å². The molecule has 0 spiro atoms. The van der Waals surface area contributed by atoms with E-state index in [1.807, 2.05) is 0 Å². The Bertz CT molecular complexity index is 652. The van der Waals surface area contributed by atoms with Crippen LogP contribution in [0.3, 0.4) is 0 Å². The van der Waals surface area contributed by atoms with E-state index in [-0.39, 0.29) is 18.2 Å². The number of hydrogen-bond donors (Lipinski definition) is 1. The van der Waals surface area contributed by atoms with E-state index < -0.39 is 11.6 Å². The largest absolute Gasteiger partial charge is 0.307 e. The molecule has 0 bridgehead atoms. The molecule has 104 valence electrons. The van der Waals surface area contributed by atoms with Crippen LogP contribution in [0.2, 0.25) is 0 Å². The Labute approximate surface area is 118 Å². The average Bonchev–Trinajstić information content (AvgIpc) is 2.78. The third kappa shape index (κ3) is 2.62. The Morgan fingerprint density at radius 2 is 2.20 bits per heavy atom. The minimum atomic E-state index is -0.896. The molecule has 20 heavy (non-hydrogen) atoms. The fourth-order valence-electron chi connectivity index (χ4n) is 2.02. The Morgan fingerprint density at radius 3 is 2.85 bits per heavy atom. The molecule has 1 aliphatic rings. The number of thiazole rings is 1. The lowest BCUT2D eigenvalue weighted by atomic mass is 10.0. The van der Waals surface area contributed by atoms with Crippen LogP contribution in [-0.4, -0.2) is 23.4 Å². The maximum atomic E-state index is 13.2. The van der Waals surface area contributed by atoms with Crippen molar-refractivity contribution in [2.24, 2.45) is 0 Å². The molecule has 0 aliphatic carbocycles. The Hall–Kier alpha value is -1.66. The van der Waals surface area contributed by atoms with Crippen molar-refractivity contribution in [2.75, 3.05) is 6.54 Å². The molecule has 6 heteroatoms. The maximum absolute atomic E-state index is 13.2. The summed E-state index contributed by atoms with van der Waals surface area (Å²) in [6, 6.07) is 3.62. The zero-order chi connectivity index (χ0) is 14.1. The number of carbonyl (C=O) groups is 1. The zero-order valence-electron chi connectivity index (χ0n) is 10.5.